The molecule has 4 heteroatoms. The third kappa shape index (κ3) is 6.59. The van der Waals surface area contributed by atoms with Gasteiger partial charge in [0.1, 0.15) is 12.1 Å². The summed E-state index contributed by atoms with van der Waals surface area (Å²) in [5.74, 6) is 0. The number of hydrogen-bond acceptors (Lipinski definition) is 1. The van der Waals surface area contributed by atoms with Crippen LogP contribution in [0.2, 0.25) is 0 Å². The third-order valence-corrected chi connectivity index (χ3v) is 12.0. The van der Waals surface area contributed by atoms with Gasteiger partial charge in [-0.15, -0.1) is 0 Å². The smallest absolute Gasteiger partial charge is 0.0650 e. The van der Waals surface area contributed by atoms with E-state index in [0.717, 1.165) is 0 Å². The number of nitrogens with zero attached hydrogens (tertiary/aromatic N) is 2. The van der Waals surface area contributed by atoms with Gasteiger partial charge in [0.2, 0.25) is 0 Å². The van der Waals surface area contributed by atoms with E-state index in [2.05, 4.69) is 177 Å². The maximum atomic E-state index is 15.2. The van der Waals surface area contributed by atoms with Gasteiger partial charge in [-0.3, -0.25) is 0 Å². The van der Waals surface area contributed by atoms with Crippen molar-refractivity contribution in [1.29, 1.82) is 0 Å². The molecule has 0 saturated carbocycles. The highest BCUT2D eigenvalue weighted by molar-refractivity contribution is 7.39. The van der Waals surface area contributed by atoms with Gasteiger partial charge in [0.05, 0.1) is 13.1 Å². The van der Waals surface area contributed by atoms with Crippen LogP contribution in [0.25, 0.3) is 11.1 Å². The summed E-state index contributed by atoms with van der Waals surface area (Å²) in [6, 6.07) is 31.8. The van der Waals surface area contributed by atoms with E-state index >= 15 is 4.57 Å². The Bertz CT molecular complexity index is 1660. The summed E-state index contributed by atoms with van der Waals surface area (Å²) >= 11 is 0. The second-order valence-corrected chi connectivity index (χ2v) is 19.9. The summed E-state index contributed by atoms with van der Waals surface area (Å²) in [4.78, 5) is 0. The first-order valence-corrected chi connectivity index (χ1v) is 18.9. The second-order valence-electron chi connectivity index (χ2n) is 18.3. The Balaban J connectivity index is 1.51. The maximum absolute atomic E-state index is 15.2. The summed E-state index contributed by atoms with van der Waals surface area (Å²) in [5, 5.41) is 0. The van der Waals surface area contributed by atoms with Gasteiger partial charge in [0, 0.05) is 0 Å². The molecule has 0 N–H and O–H groups in total. The predicted octanol–water partition coefficient (Wildman–Crippen LogP) is 12.3. The normalized spacial score (nSPS) is 18.9. The van der Waals surface area contributed by atoms with E-state index in [9.17, 15) is 0 Å². The van der Waals surface area contributed by atoms with Gasteiger partial charge in [-0.1, -0.05) is 177 Å². The monoisotopic (exact) mass is 659 g/mol. The average Bonchev–Trinajstić information content (AvgIpc) is 3.26. The molecule has 2 aliphatic rings. The minimum atomic E-state index is -1.87. The lowest BCUT2D eigenvalue weighted by molar-refractivity contribution is 0.260. The molecule has 0 amide bonds. The standard InChI is InChI=1S/C44H56N2OP/c1-41(2,3)31-21-29(22-32(25-31)42(4,5)6)27-45-39-37-19-15-13-17-35(37)36-18-14-16-20-38(36)40(39)46(48(45)47)28-30-23-33(43(7,8)9)26-34(24-30)44(10,11)12/h13-26,39-40H,27-28H2,1-12H3/q+1/t39-,40-/m0/s1. The summed E-state index contributed by atoms with van der Waals surface area (Å²) < 4.78 is 19.9. The van der Waals surface area contributed by atoms with Crippen molar-refractivity contribution in [3.05, 3.63) is 129 Å². The van der Waals surface area contributed by atoms with Crippen LogP contribution < -0.4 is 0 Å². The van der Waals surface area contributed by atoms with Gasteiger partial charge >= 0.3 is 8.10 Å². The zero-order valence-corrected chi connectivity index (χ0v) is 32.3. The SMILES string of the molecule is CC(C)(C)c1cc(CN2[C@H]3c4ccccc4-c4ccccc4[C@@H]3N(Cc3cc(C(C)(C)C)cc(C(C)(C)C)c3)[P+]2=O)cc(C(C)(C)C)c1. The molecule has 1 fully saturated rings. The molecule has 1 aliphatic heterocycles. The van der Waals surface area contributed by atoms with Crippen molar-refractivity contribution in [3.63, 3.8) is 0 Å². The highest BCUT2D eigenvalue weighted by Gasteiger charge is 2.60. The molecule has 0 spiro atoms. The van der Waals surface area contributed by atoms with Crippen LogP contribution in [0.3, 0.4) is 0 Å². The number of hydrogen-bond donors (Lipinski definition) is 0. The van der Waals surface area contributed by atoms with Crippen molar-refractivity contribution in [1.82, 2.24) is 9.34 Å². The molecule has 4 aromatic rings. The van der Waals surface area contributed by atoms with E-state index in [4.69, 9.17) is 0 Å². The molecule has 6 rings (SSSR count). The molecule has 2 atom stereocenters. The molecule has 1 heterocycles. The van der Waals surface area contributed by atoms with Gasteiger partial charge in [0.15, 0.2) is 0 Å². The van der Waals surface area contributed by atoms with Gasteiger partial charge in [-0.2, -0.15) is 0 Å². The van der Waals surface area contributed by atoms with Gasteiger partial charge in [0.25, 0.3) is 0 Å². The fraction of sp³-hybridized carbons (Fsp3) is 0.455. The van der Waals surface area contributed by atoms with E-state index in [1.807, 2.05) is 0 Å². The van der Waals surface area contributed by atoms with Crippen LogP contribution in [0.4, 0.5) is 0 Å². The van der Waals surface area contributed by atoms with Gasteiger partial charge < -0.3 is 0 Å². The van der Waals surface area contributed by atoms with E-state index < -0.39 is 8.10 Å². The van der Waals surface area contributed by atoms with Crippen molar-refractivity contribution >= 4 is 8.10 Å². The Morgan fingerprint density at radius 2 is 0.771 bits per heavy atom. The molecular formula is C44H56N2OP+. The molecule has 0 unspecified atom stereocenters. The number of rotatable bonds is 4. The fourth-order valence-corrected chi connectivity index (χ4v) is 9.13. The quantitative estimate of drug-likeness (QED) is 0.204. The second kappa shape index (κ2) is 12.0. The molecule has 0 bridgehead atoms. The Morgan fingerprint density at radius 1 is 0.479 bits per heavy atom. The van der Waals surface area contributed by atoms with Crippen molar-refractivity contribution in [2.24, 2.45) is 0 Å². The number of fused-ring (bicyclic) bond motifs is 6. The first-order chi connectivity index (χ1) is 22.2. The first kappa shape index (κ1) is 34.8. The zero-order valence-electron chi connectivity index (χ0n) is 31.4. The van der Waals surface area contributed by atoms with Gasteiger partial charge in [-0.05, 0) is 81.9 Å². The Morgan fingerprint density at radius 3 is 1.06 bits per heavy atom. The van der Waals surface area contributed by atoms with E-state index in [-0.39, 0.29) is 33.7 Å². The van der Waals surface area contributed by atoms with Crippen molar-refractivity contribution in [2.75, 3.05) is 0 Å². The number of benzene rings is 4. The highest BCUT2D eigenvalue weighted by Crippen LogP contribution is 2.63. The van der Waals surface area contributed by atoms with E-state index in [1.54, 1.807) is 0 Å². The molecule has 4 aromatic carbocycles. The summed E-state index contributed by atoms with van der Waals surface area (Å²) in [6.45, 7) is 28.7. The minimum absolute atomic E-state index is 0.0109. The third-order valence-electron chi connectivity index (χ3n) is 10.4. The van der Waals surface area contributed by atoms with Crippen LogP contribution >= 0.6 is 8.10 Å². The molecule has 252 valence electrons. The van der Waals surface area contributed by atoms with E-state index in [1.165, 1.54) is 55.6 Å². The molecule has 48 heavy (non-hydrogen) atoms. The van der Waals surface area contributed by atoms with Crippen LogP contribution in [0.1, 0.15) is 140 Å². The van der Waals surface area contributed by atoms with Crippen molar-refractivity contribution in [3.8, 4) is 11.1 Å². The molecule has 0 radical (unpaired) electrons. The molecule has 3 nitrogen and oxygen atoms in total. The fourth-order valence-electron chi connectivity index (χ4n) is 7.34. The molecular weight excluding hydrogens is 603 g/mol. The Labute approximate surface area is 291 Å². The lowest BCUT2D eigenvalue weighted by Gasteiger charge is -2.32. The summed E-state index contributed by atoms with van der Waals surface area (Å²) in [5.41, 5.74) is 12.9. The van der Waals surface area contributed by atoms with E-state index in [0.29, 0.717) is 13.1 Å². The van der Waals surface area contributed by atoms with Crippen molar-refractivity contribution < 1.29 is 4.57 Å². The van der Waals surface area contributed by atoms with Gasteiger partial charge in [-0.25, -0.2) is 0 Å². The highest BCUT2D eigenvalue weighted by atomic mass is 31.1. The first-order valence-electron chi connectivity index (χ1n) is 17.7. The minimum Gasteiger partial charge on any atom is -0.0650 e. The average molecular weight is 660 g/mol. The van der Waals surface area contributed by atoms with Crippen LogP contribution in [-0.2, 0) is 39.3 Å². The Kier molecular flexibility index (Phi) is 8.72. The molecule has 0 aromatic heterocycles. The predicted molar refractivity (Wildman–Crippen MR) is 204 cm³/mol. The van der Waals surface area contributed by atoms with Crippen molar-refractivity contribution in [2.45, 2.75) is 130 Å². The maximum Gasteiger partial charge on any atom is 0.539 e. The lowest BCUT2D eigenvalue weighted by atomic mass is 9.78. The zero-order chi connectivity index (χ0) is 35.0. The van der Waals surface area contributed by atoms with Crippen LogP contribution in [0, 0.1) is 0 Å². The summed E-state index contributed by atoms with van der Waals surface area (Å²) in [7, 11) is -1.87. The largest absolute Gasteiger partial charge is 0.539 e. The van der Waals surface area contributed by atoms with Crippen LogP contribution in [0.5, 0.6) is 0 Å². The van der Waals surface area contributed by atoms with Crippen LogP contribution in [-0.4, -0.2) is 9.34 Å². The molecule has 1 aliphatic carbocycles. The summed E-state index contributed by atoms with van der Waals surface area (Å²) in [6.07, 6.45) is 0. The lowest BCUT2D eigenvalue weighted by Crippen LogP contribution is -2.28. The topological polar surface area (TPSA) is 23.6 Å². The van der Waals surface area contributed by atoms with Crippen LogP contribution in [0.15, 0.2) is 84.9 Å². The molecule has 1 saturated heterocycles. The Hall–Kier alpha value is -3.10.